The van der Waals surface area contributed by atoms with Gasteiger partial charge in [-0.3, -0.25) is 4.79 Å². The minimum absolute atomic E-state index is 0.208. The van der Waals surface area contributed by atoms with Crippen molar-refractivity contribution in [3.8, 4) is 10.6 Å². The van der Waals surface area contributed by atoms with Gasteiger partial charge in [-0.1, -0.05) is 41.7 Å². The van der Waals surface area contributed by atoms with Crippen LogP contribution in [0.3, 0.4) is 0 Å². The number of rotatable bonds is 4. The molecule has 2 rings (SSSR count). The molecule has 0 aliphatic rings. The SMILES string of the molecule is N[C@@H](Cc1nnc(-c2ccccc2)s1)C(=O)O. The maximum atomic E-state index is 10.6. The molecule has 0 saturated heterocycles. The molecule has 0 aliphatic carbocycles. The summed E-state index contributed by atoms with van der Waals surface area (Å²) in [6.45, 7) is 0. The van der Waals surface area contributed by atoms with Crippen LogP contribution in [0.15, 0.2) is 30.3 Å². The van der Waals surface area contributed by atoms with Gasteiger partial charge >= 0.3 is 5.97 Å². The van der Waals surface area contributed by atoms with Gasteiger partial charge in [0, 0.05) is 12.0 Å². The van der Waals surface area contributed by atoms with Gasteiger partial charge in [-0.15, -0.1) is 10.2 Å². The molecule has 1 heterocycles. The van der Waals surface area contributed by atoms with Crippen molar-refractivity contribution in [2.24, 2.45) is 5.73 Å². The summed E-state index contributed by atoms with van der Waals surface area (Å²) in [7, 11) is 0. The summed E-state index contributed by atoms with van der Waals surface area (Å²) >= 11 is 1.37. The second kappa shape index (κ2) is 5.03. The standard InChI is InChI=1S/C11H11N3O2S/c12-8(11(15)16)6-9-13-14-10(17-9)7-4-2-1-3-5-7/h1-5,8H,6,12H2,(H,15,16)/t8-/m0/s1. The molecule has 0 bridgehead atoms. The van der Waals surface area contributed by atoms with Gasteiger partial charge < -0.3 is 10.8 Å². The molecule has 1 aromatic heterocycles. The monoisotopic (exact) mass is 249 g/mol. The lowest BCUT2D eigenvalue weighted by Crippen LogP contribution is -2.32. The lowest BCUT2D eigenvalue weighted by Gasteiger charge is -2.00. The number of aromatic nitrogens is 2. The molecule has 6 heteroatoms. The lowest BCUT2D eigenvalue weighted by atomic mass is 10.2. The summed E-state index contributed by atoms with van der Waals surface area (Å²) < 4.78 is 0. The van der Waals surface area contributed by atoms with E-state index in [1.165, 1.54) is 11.3 Å². The van der Waals surface area contributed by atoms with Gasteiger partial charge in [-0.2, -0.15) is 0 Å². The summed E-state index contributed by atoms with van der Waals surface area (Å²) in [4.78, 5) is 10.6. The fourth-order valence-corrected chi connectivity index (χ4v) is 2.21. The zero-order valence-corrected chi connectivity index (χ0v) is 9.72. The quantitative estimate of drug-likeness (QED) is 0.848. The predicted molar refractivity (Wildman–Crippen MR) is 64.7 cm³/mol. The summed E-state index contributed by atoms with van der Waals surface area (Å²) in [5, 5.41) is 18.1. The Hall–Kier alpha value is -1.79. The number of hydrogen-bond donors (Lipinski definition) is 2. The van der Waals surface area contributed by atoms with Gasteiger partial charge in [0.2, 0.25) is 0 Å². The van der Waals surface area contributed by atoms with Crippen LogP contribution >= 0.6 is 11.3 Å². The number of nitrogens with two attached hydrogens (primary N) is 1. The highest BCUT2D eigenvalue weighted by Gasteiger charge is 2.15. The minimum atomic E-state index is -1.03. The number of carboxylic acid groups (broad SMARTS) is 1. The highest BCUT2D eigenvalue weighted by atomic mass is 32.1. The van der Waals surface area contributed by atoms with Crippen LogP contribution in [0.4, 0.5) is 0 Å². The van der Waals surface area contributed by atoms with E-state index in [-0.39, 0.29) is 6.42 Å². The number of carboxylic acids is 1. The normalized spacial score (nSPS) is 12.3. The Bertz CT molecular complexity index is 512. The van der Waals surface area contributed by atoms with E-state index in [0.29, 0.717) is 5.01 Å². The van der Waals surface area contributed by atoms with Crippen LogP contribution in [0, 0.1) is 0 Å². The van der Waals surface area contributed by atoms with Crippen LogP contribution in [-0.4, -0.2) is 27.3 Å². The summed E-state index contributed by atoms with van der Waals surface area (Å²) in [6, 6.07) is 8.69. The smallest absolute Gasteiger partial charge is 0.320 e. The van der Waals surface area contributed by atoms with E-state index >= 15 is 0 Å². The first-order chi connectivity index (χ1) is 8.16. The Morgan fingerprint density at radius 3 is 2.71 bits per heavy atom. The van der Waals surface area contributed by atoms with E-state index in [9.17, 15) is 4.79 Å². The maximum Gasteiger partial charge on any atom is 0.320 e. The zero-order chi connectivity index (χ0) is 12.3. The van der Waals surface area contributed by atoms with Gasteiger partial charge in [-0.25, -0.2) is 0 Å². The Kier molecular flexibility index (Phi) is 3.46. The second-order valence-electron chi connectivity index (χ2n) is 3.52. The molecule has 0 aliphatic heterocycles. The van der Waals surface area contributed by atoms with E-state index in [1.54, 1.807) is 0 Å². The Labute approximate surface area is 102 Å². The van der Waals surface area contributed by atoms with Gasteiger partial charge in [0.15, 0.2) is 0 Å². The molecule has 0 fully saturated rings. The van der Waals surface area contributed by atoms with E-state index in [0.717, 1.165) is 10.6 Å². The highest BCUT2D eigenvalue weighted by Crippen LogP contribution is 2.23. The summed E-state index contributed by atoms with van der Waals surface area (Å²) in [5.74, 6) is -1.03. The van der Waals surface area contributed by atoms with Crippen molar-refractivity contribution in [1.29, 1.82) is 0 Å². The third kappa shape index (κ3) is 2.86. The maximum absolute atomic E-state index is 10.6. The van der Waals surface area contributed by atoms with Crippen LogP contribution in [0.1, 0.15) is 5.01 Å². The first-order valence-electron chi connectivity index (χ1n) is 5.03. The largest absolute Gasteiger partial charge is 0.480 e. The average Bonchev–Trinajstić information content (AvgIpc) is 2.78. The molecule has 0 radical (unpaired) electrons. The third-order valence-corrected chi connectivity index (χ3v) is 3.19. The van der Waals surface area contributed by atoms with Crippen LogP contribution in [0.25, 0.3) is 10.6 Å². The Morgan fingerprint density at radius 1 is 1.35 bits per heavy atom. The molecule has 0 amide bonds. The summed E-state index contributed by atoms with van der Waals surface area (Å²) in [6.07, 6.45) is 0.208. The highest BCUT2D eigenvalue weighted by molar-refractivity contribution is 7.14. The van der Waals surface area contributed by atoms with Gasteiger partial charge in [-0.05, 0) is 0 Å². The Morgan fingerprint density at radius 2 is 2.06 bits per heavy atom. The molecule has 0 unspecified atom stereocenters. The lowest BCUT2D eigenvalue weighted by molar-refractivity contribution is -0.138. The fourth-order valence-electron chi connectivity index (χ4n) is 1.31. The molecule has 0 spiro atoms. The number of aliphatic carboxylic acids is 1. The molecule has 1 aromatic carbocycles. The fraction of sp³-hybridized carbons (Fsp3) is 0.182. The van der Waals surface area contributed by atoms with Crippen molar-refractivity contribution >= 4 is 17.3 Å². The molecule has 88 valence electrons. The van der Waals surface area contributed by atoms with Crippen LogP contribution in [0.2, 0.25) is 0 Å². The molecule has 3 N–H and O–H groups in total. The van der Waals surface area contributed by atoms with E-state index < -0.39 is 12.0 Å². The first kappa shape index (κ1) is 11.7. The second-order valence-corrected chi connectivity index (χ2v) is 4.58. The van der Waals surface area contributed by atoms with E-state index in [2.05, 4.69) is 10.2 Å². The molecule has 0 saturated carbocycles. The Balaban J connectivity index is 2.14. The number of nitrogens with zero attached hydrogens (tertiary/aromatic N) is 2. The molecular weight excluding hydrogens is 238 g/mol. The van der Waals surface area contributed by atoms with Crippen LogP contribution in [-0.2, 0) is 11.2 Å². The van der Waals surface area contributed by atoms with Crippen molar-refractivity contribution < 1.29 is 9.90 Å². The molecule has 5 nitrogen and oxygen atoms in total. The third-order valence-electron chi connectivity index (χ3n) is 2.20. The number of hydrogen-bond acceptors (Lipinski definition) is 5. The van der Waals surface area contributed by atoms with E-state index in [1.807, 2.05) is 30.3 Å². The summed E-state index contributed by atoms with van der Waals surface area (Å²) in [5.41, 5.74) is 6.41. The average molecular weight is 249 g/mol. The van der Waals surface area contributed by atoms with E-state index in [4.69, 9.17) is 10.8 Å². The first-order valence-corrected chi connectivity index (χ1v) is 5.84. The van der Waals surface area contributed by atoms with Crippen LogP contribution in [0.5, 0.6) is 0 Å². The van der Waals surface area contributed by atoms with Crippen molar-refractivity contribution in [3.05, 3.63) is 35.3 Å². The van der Waals surface area contributed by atoms with Crippen molar-refractivity contribution in [1.82, 2.24) is 10.2 Å². The number of carbonyl (C=O) groups is 1. The zero-order valence-electron chi connectivity index (χ0n) is 8.91. The number of benzene rings is 1. The molecule has 2 aromatic rings. The van der Waals surface area contributed by atoms with Gasteiger partial charge in [0.05, 0.1) is 0 Å². The molecular formula is C11H11N3O2S. The topological polar surface area (TPSA) is 89.1 Å². The van der Waals surface area contributed by atoms with Gasteiger partial charge in [0.1, 0.15) is 16.1 Å². The molecule has 1 atom stereocenters. The predicted octanol–water partition coefficient (Wildman–Crippen LogP) is 1.16. The molecule has 17 heavy (non-hydrogen) atoms. The van der Waals surface area contributed by atoms with Crippen LogP contribution < -0.4 is 5.73 Å². The van der Waals surface area contributed by atoms with Crippen molar-refractivity contribution in [2.75, 3.05) is 0 Å². The minimum Gasteiger partial charge on any atom is -0.480 e. The van der Waals surface area contributed by atoms with Crippen molar-refractivity contribution in [3.63, 3.8) is 0 Å². The van der Waals surface area contributed by atoms with Crippen molar-refractivity contribution in [2.45, 2.75) is 12.5 Å². The van der Waals surface area contributed by atoms with Gasteiger partial charge in [0.25, 0.3) is 0 Å².